The minimum Gasteiger partial charge on any atom is -0.207 e. The minimum atomic E-state index is -0.0473. The first-order valence-electron chi connectivity index (χ1n) is 6.60. The molecule has 0 amide bonds. The third-order valence-corrected chi connectivity index (χ3v) is 3.67. The van der Waals surface area contributed by atoms with Crippen LogP contribution in [0.2, 0.25) is 0 Å². The van der Waals surface area contributed by atoms with Crippen LogP contribution in [0.15, 0.2) is 24.3 Å². The van der Waals surface area contributed by atoms with E-state index in [0.717, 1.165) is 23.7 Å². The summed E-state index contributed by atoms with van der Waals surface area (Å²) in [5.74, 6) is 0.321. The molecular weight excluding hydrogens is 279 g/mol. The molecule has 0 fully saturated rings. The van der Waals surface area contributed by atoms with E-state index in [-0.39, 0.29) is 5.82 Å². The average Bonchev–Trinajstić information content (AvgIpc) is 2.34. The second kappa shape index (κ2) is 8.68. The fraction of sp³-hybridized carbons (Fsp3) is 0.600. The van der Waals surface area contributed by atoms with Crippen LogP contribution < -0.4 is 0 Å². The van der Waals surface area contributed by atoms with Gasteiger partial charge in [0.15, 0.2) is 0 Å². The van der Waals surface area contributed by atoms with Gasteiger partial charge >= 0.3 is 0 Å². The molecule has 1 atom stereocenters. The van der Waals surface area contributed by atoms with Crippen molar-refractivity contribution in [3.63, 3.8) is 0 Å². The summed E-state index contributed by atoms with van der Waals surface area (Å²) in [6.45, 7) is 2.22. The lowest BCUT2D eigenvalue weighted by atomic mass is 9.90. The van der Waals surface area contributed by atoms with Gasteiger partial charge in [-0.3, -0.25) is 0 Å². The van der Waals surface area contributed by atoms with Crippen LogP contribution in [0.3, 0.4) is 0 Å². The first-order valence-corrected chi connectivity index (χ1v) is 7.72. The fourth-order valence-electron chi connectivity index (χ4n) is 2.21. The molecule has 0 radical (unpaired) electrons. The maximum Gasteiger partial charge on any atom is 0.126 e. The molecule has 0 bridgehead atoms. The van der Waals surface area contributed by atoms with Crippen LogP contribution in [0.5, 0.6) is 0 Å². The topological polar surface area (TPSA) is 0 Å². The zero-order valence-electron chi connectivity index (χ0n) is 10.6. The number of hydrogen-bond acceptors (Lipinski definition) is 0. The third-order valence-electron chi connectivity index (χ3n) is 3.21. The zero-order chi connectivity index (χ0) is 12.5. The Morgan fingerprint density at radius 2 is 1.88 bits per heavy atom. The second-order valence-electron chi connectivity index (χ2n) is 4.55. The summed E-state index contributed by atoms with van der Waals surface area (Å²) in [5.41, 5.74) is 0.892. The maximum atomic E-state index is 13.7. The van der Waals surface area contributed by atoms with Gasteiger partial charge in [-0.1, -0.05) is 66.7 Å². The largest absolute Gasteiger partial charge is 0.207 e. The van der Waals surface area contributed by atoms with Gasteiger partial charge in [-0.25, -0.2) is 4.39 Å². The van der Waals surface area contributed by atoms with Gasteiger partial charge in [-0.2, -0.15) is 0 Å². The highest BCUT2D eigenvalue weighted by Gasteiger charge is 2.14. The van der Waals surface area contributed by atoms with Crippen LogP contribution in [0, 0.1) is 5.82 Å². The lowest BCUT2D eigenvalue weighted by molar-refractivity contribution is 0.515. The van der Waals surface area contributed by atoms with Crippen molar-refractivity contribution in [1.29, 1.82) is 0 Å². The molecule has 0 aliphatic heterocycles. The third kappa shape index (κ3) is 5.20. The van der Waals surface area contributed by atoms with Gasteiger partial charge in [0.05, 0.1) is 0 Å². The Balaban J connectivity index is 2.56. The van der Waals surface area contributed by atoms with Gasteiger partial charge in [-0.05, 0) is 30.4 Å². The Morgan fingerprint density at radius 1 is 1.12 bits per heavy atom. The summed E-state index contributed by atoms with van der Waals surface area (Å²) in [4.78, 5) is 0. The van der Waals surface area contributed by atoms with Crippen molar-refractivity contribution in [3.8, 4) is 0 Å². The number of unbranched alkanes of at least 4 members (excludes halogenated alkanes) is 3. The zero-order valence-corrected chi connectivity index (χ0v) is 12.2. The van der Waals surface area contributed by atoms with E-state index < -0.39 is 0 Å². The highest BCUT2D eigenvalue weighted by molar-refractivity contribution is 9.09. The molecular formula is C15H22BrF. The van der Waals surface area contributed by atoms with Crippen molar-refractivity contribution >= 4 is 15.9 Å². The Labute approximate surface area is 113 Å². The van der Waals surface area contributed by atoms with E-state index in [4.69, 9.17) is 0 Å². The molecule has 96 valence electrons. The van der Waals surface area contributed by atoms with Crippen molar-refractivity contribution in [1.82, 2.24) is 0 Å². The van der Waals surface area contributed by atoms with Gasteiger partial charge < -0.3 is 0 Å². The summed E-state index contributed by atoms with van der Waals surface area (Å²) >= 11 is 3.47. The van der Waals surface area contributed by atoms with Crippen molar-refractivity contribution in [2.24, 2.45) is 0 Å². The van der Waals surface area contributed by atoms with Crippen LogP contribution in [0.1, 0.15) is 56.9 Å². The van der Waals surface area contributed by atoms with E-state index in [1.165, 1.54) is 25.7 Å². The molecule has 0 spiro atoms. The van der Waals surface area contributed by atoms with Crippen LogP contribution in [-0.4, -0.2) is 5.33 Å². The lowest BCUT2D eigenvalue weighted by Gasteiger charge is -2.16. The van der Waals surface area contributed by atoms with Gasteiger partial charge in [0.2, 0.25) is 0 Å². The van der Waals surface area contributed by atoms with E-state index in [0.29, 0.717) is 5.92 Å². The Morgan fingerprint density at radius 3 is 2.53 bits per heavy atom. The normalized spacial score (nSPS) is 12.6. The number of halogens is 2. The Kier molecular flexibility index (Phi) is 7.50. The number of hydrogen-bond donors (Lipinski definition) is 0. The summed E-state index contributed by atoms with van der Waals surface area (Å²) in [6.07, 6.45) is 7.14. The molecule has 0 aromatic heterocycles. The predicted octanol–water partition coefficient (Wildman–Crippen LogP) is 5.66. The number of alkyl halides is 1. The van der Waals surface area contributed by atoms with E-state index >= 15 is 0 Å². The van der Waals surface area contributed by atoms with Crippen molar-refractivity contribution in [2.45, 2.75) is 51.4 Å². The smallest absolute Gasteiger partial charge is 0.126 e. The Bertz CT molecular complexity index is 312. The average molecular weight is 301 g/mol. The van der Waals surface area contributed by atoms with Crippen LogP contribution in [-0.2, 0) is 0 Å². The molecule has 17 heavy (non-hydrogen) atoms. The van der Waals surface area contributed by atoms with E-state index in [1.54, 1.807) is 12.1 Å². The molecule has 1 aromatic rings. The molecule has 1 rings (SSSR count). The summed E-state index contributed by atoms with van der Waals surface area (Å²) in [7, 11) is 0. The highest BCUT2D eigenvalue weighted by atomic mass is 79.9. The van der Waals surface area contributed by atoms with E-state index in [2.05, 4.69) is 22.9 Å². The van der Waals surface area contributed by atoms with Crippen LogP contribution >= 0.6 is 15.9 Å². The van der Waals surface area contributed by atoms with Crippen molar-refractivity contribution in [3.05, 3.63) is 35.6 Å². The summed E-state index contributed by atoms with van der Waals surface area (Å²) in [6, 6.07) is 7.21. The van der Waals surface area contributed by atoms with Gasteiger partial charge in [0.1, 0.15) is 5.82 Å². The number of benzene rings is 1. The van der Waals surface area contributed by atoms with Gasteiger partial charge in [-0.15, -0.1) is 0 Å². The standard InChI is InChI=1S/C15H22BrF/c1-2-3-4-5-8-13(11-12-16)14-9-6-7-10-15(14)17/h6-7,9-10,13H,2-5,8,11-12H2,1H3. The molecule has 0 saturated carbocycles. The molecule has 0 saturated heterocycles. The molecule has 0 aliphatic rings. The van der Waals surface area contributed by atoms with Crippen LogP contribution in [0.25, 0.3) is 0 Å². The van der Waals surface area contributed by atoms with Gasteiger partial charge in [0, 0.05) is 5.33 Å². The molecule has 0 aliphatic carbocycles. The molecule has 0 heterocycles. The maximum absolute atomic E-state index is 13.7. The first kappa shape index (κ1) is 14.7. The minimum absolute atomic E-state index is 0.0473. The van der Waals surface area contributed by atoms with E-state index in [1.807, 2.05) is 12.1 Å². The van der Waals surface area contributed by atoms with Gasteiger partial charge in [0.25, 0.3) is 0 Å². The predicted molar refractivity (Wildman–Crippen MR) is 76.3 cm³/mol. The SMILES string of the molecule is CCCCCCC(CCBr)c1ccccc1F. The monoisotopic (exact) mass is 300 g/mol. The van der Waals surface area contributed by atoms with E-state index in [9.17, 15) is 4.39 Å². The second-order valence-corrected chi connectivity index (χ2v) is 5.34. The fourth-order valence-corrected chi connectivity index (χ4v) is 2.76. The lowest BCUT2D eigenvalue weighted by Crippen LogP contribution is -2.03. The molecule has 0 nitrogen and oxygen atoms in total. The number of rotatable bonds is 8. The summed E-state index contributed by atoms with van der Waals surface area (Å²) in [5, 5.41) is 0.944. The van der Waals surface area contributed by atoms with Crippen molar-refractivity contribution in [2.75, 3.05) is 5.33 Å². The molecule has 1 aromatic carbocycles. The van der Waals surface area contributed by atoms with Crippen molar-refractivity contribution < 1.29 is 4.39 Å². The van der Waals surface area contributed by atoms with Crippen LogP contribution in [0.4, 0.5) is 4.39 Å². The molecule has 0 N–H and O–H groups in total. The molecule has 1 unspecified atom stereocenters. The molecule has 2 heteroatoms. The Hall–Kier alpha value is -0.370. The summed E-state index contributed by atoms with van der Waals surface area (Å²) < 4.78 is 13.7. The first-order chi connectivity index (χ1) is 8.29. The quantitative estimate of drug-likeness (QED) is 0.429. The highest BCUT2D eigenvalue weighted by Crippen LogP contribution is 2.28.